The highest BCUT2D eigenvalue weighted by Gasteiger charge is 2.35. The van der Waals surface area contributed by atoms with Crippen LogP contribution in [-0.2, 0) is 4.79 Å². The number of nitriles is 1. The maximum Gasteiger partial charge on any atom is 0.244 e. The van der Waals surface area contributed by atoms with Gasteiger partial charge in [0.15, 0.2) is 0 Å². The van der Waals surface area contributed by atoms with E-state index in [1.807, 2.05) is 35.2 Å². The first-order valence-corrected chi connectivity index (χ1v) is 7.99. The Hall–Kier alpha value is -1.90. The largest absolute Gasteiger partial charge is 0.311 e. The van der Waals surface area contributed by atoms with Gasteiger partial charge in [0.25, 0.3) is 0 Å². The molecule has 116 valence electrons. The summed E-state index contributed by atoms with van der Waals surface area (Å²) in [7, 11) is 0. The number of hydrogen-bond donors (Lipinski definition) is 0. The predicted octanol–water partition coefficient (Wildman–Crippen LogP) is 1.32. The van der Waals surface area contributed by atoms with Gasteiger partial charge in [-0.05, 0) is 25.0 Å². The second-order valence-corrected chi connectivity index (χ2v) is 5.95. The molecule has 0 N–H and O–H groups in total. The van der Waals surface area contributed by atoms with Crippen molar-refractivity contribution in [1.82, 2.24) is 9.80 Å². The van der Waals surface area contributed by atoms with Gasteiger partial charge in [-0.25, -0.2) is 0 Å². The molecular weight excluding hydrogens is 276 g/mol. The summed E-state index contributed by atoms with van der Waals surface area (Å²) in [6.07, 6.45) is 1.99. The third-order valence-electron chi connectivity index (χ3n) is 4.62. The molecule has 1 aromatic carbocycles. The minimum atomic E-state index is -0.00167. The van der Waals surface area contributed by atoms with Gasteiger partial charge in [0.1, 0.15) is 0 Å². The number of piperidine rings is 1. The number of para-hydroxylation sites is 1. The number of carbonyl (C=O) groups is 1. The second-order valence-electron chi connectivity index (χ2n) is 5.95. The van der Waals surface area contributed by atoms with Gasteiger partial charge in [-0.15, -0.1) is 0 Å². The third-order valence-corrected chi connectivity index (χ3v) is 4.62. The monoisotopic (exact) mass is 298 g/mol. The van der Waals surface area contributed by atoms with Crippen LogP contribution in [0.4, 0.5) is 5.69 Å². The van der Waals surface area contributed by atoms with Crippen molar-refractivity contribution in [3.8, 4) is 6.07 Å². The molecule has 0 radical (unpaired) electrons. The molecular formula is C17H22N4O. The van der Waals surface area contributed by atoms with Crippen LogP contribution >= 0.6 is 0 Å². The Labute approximate surface area is 131 Å². The van der Waals surface area contributed by atoms with Crippen LogP contribution < -0.4 is 4.90 Å². The van der Waals surface area contributed by atoms with Gasteiger partial charge in [0.05, 0.1) is 18.7 Å². The van der Waals surface area contributed by atoms with E-state index in [-0.39, 0.29) is 11.9 Å². The summed E-state index contributed by atoms with van der Waals surface area (Å²) in [6, 6.07) is 12.1. The minimum absolute atomic E-state index is 0.00167. The highest BCUT2D eigenvalue weighted by molar-refractivity contribution is 5.97. The van der Waals surface area contributed by atoms with E-state index in [9.17, 15) is 4.79 Å². The molecule has 2 fully saturated rings. The zero-order valence-electron chi connectivity index (χ0n) is 12.8. The van der Waals surface area contributed by atoms with Crippen LogP contribution in [0.2, 0.25) is 0 Å². The number of anilines is 1. The lowest BCUT2D eigenvalue weighted by atomic mass is 10.0. The Bertz CT molecular complexity index is 546. The minimum Gasteiger partial charge on any atom is -0.311 e. The molecule has 5 heteroatoms. The summed E-state index contributed by atoms with van der Waals surface area (Å²) < 4.78 is 0. The van der Waals surface area contributed by atoms with Crippen molar-refractivity contribution < 1.29 is 4.79 Å². The first-order chi connectivity index (χ1) is 10.8. The molecule has 22 heavy (non-hydrogen) atoms. The molecule has 1 atom stereocenters. The van der Waals surface area contributed by atoms with Gasteiger partial charge in [0.2, 0.25) is 5.91 Å². The molecule has 0 bridgehead atoms. The molecule has 0 aliphatic carbocycles. The fraction of sp³-hybridized carbons (Fsp3) is 0.529. The second kappa shape index (κ2) is 6.91. The van der Waals surface area contributed by atoms with Crippen LogP contribution in [0.1, 0.15) is 12.8 Å². The van der Waals surface area contributed by atoms with Gasteiger partial charge >= 0.3 is 0 Å². The lowest BCUT2D eigenvalue weighted by Gasteiger charge is -2.42. The van der Waals surface area contributed by atoms with E-state index < -0.39 is 0 Å². The van der Waals surface area contributed by atoms with Gasteiger partial charge in [-0.1, -0.05) is 18.2 Å². The lowest BCUT2D eigenvalue weighted by Crippen LogP contribution is -2.57. The Morgan fingerprint density at radius 1 is 1.09 bits per heavy atom. The normalized spacial score (nSPS) is 24.2. The van der Waals surface area contributed by atoms with Crippen molar-refractivity contribution in [3.63, 3.8) is 0 Å². The third kappa shape index (κ3) is 3.13. The van der Waals surface area contributed by atoms with Crippen LogP contribution in [0, 0.1) is 11.3 Å². The van der Waals surface area contributed by atoms with Crippen molar-refractivity contribution in [2.45, 2.75) is 18.9 Å². The molecule has 2 aliphatic rings. The van der Waals surface area contributed by atoms with Gasteiger partial charge in [-0.2, -0.15) is 5.26 Å². The van der Waals surface area contributed by atoms with Crippen molar-refractivity contribution in [2.75, 3.05) is 44.2 Å². The molecule has 1 aromatic rings. The van der Waals surface area contributed by atoms with Crippen LogP contribution in [0.5, 0.6) is 0 Å². The summed E-state index contributed by atoms with van der Waals surface area (Å²) in [5, 5.41) is 8.77. The summed E-state index contributed by atoms with van der Waals surface area (Å²) in [6.45, 7) is 4.81. The summed E-state index contributed by atoms with van der Waals surface area (Å²) in [4.78, 5) is 19.2. The zero-order valence-corrected chi connectivity index (χ0v) is 12.8. The molecule has 0 saturated carbocycles. The van der Waals surface area contributed by atoms with Crippen LogP contribution in [0.15, 0.2) is 30.3 Å². The van der Waals surface area contributed by atoms with E-state index in [1.54, 1.807) is 0 Å². The van der Waals surface area contributed by atoms with E-state index in [1.165, 1.54) is 0 Å². The van der Waals surface area contributed by atoms with Gasteiger partial charge in [0, 0.05) is 38.4 Å². The average molecular weight is 298 g/mol. The fourth-order valence-electron chi connectivity index (χ4n) is 3.39. The van der Waals surface area contributed by atoms with E-state index in [0.717, 1.165) is 51.3 Å². The van der Waals surface area contributed by atoms with E-state index in [2.05, 4.69) is 15.9 Å². The Morgan fingerprint density at radius 2 is 1.82 bits per heavy atom. The summed E-state index contributed by atoms with van der Waals surface area (Å²) >= 11 is 0. The average Bonchev–Trinajstić information content (AvgIpc) is 2.57. The first-order valence-electron chi connectivity index (χ1n) is 7.99. The highest BCUT2D eigenvalue weighted by atomic mass is 16.2. The number of benzene rings is 1. The zero-order chi connectivity index (χ0) is 15.4. The Balaban J connectivity index is 1.65. The van der Waals surface area contributed by atoms with Gasteiger partial charge in [-0.3, -0.25) is 14.6 Å². The molecule has 1 unspecified atom stereocenters. The van der Waals surface area contributed by atoms with E-state index in [4.69, 9.17) is 5.26 Å². The first kappa shape index (κ1) is 15.0. The number of hydrogen-bond acceptors (Lipinski definition) is 4. The molecule has 2 aliphatic heterocycles. The Morgan fingerprint density at radius 3 is 2.50 bits per heavy atom. The topological polar surface area (TPSA) is 50.6 Å². The van der Waals surface area contributed by atoms with Crippen molar-refractivity contribution in [2.24, 2.45) is 0 Å². The molecule has 0 spiro atoms. The van der Waals surface area contributed by atoms with E-state index >= 15 is 0 Å². The quantitative estimate of drug-likeness (QED) is 0.790. The number of amides is 1. The molecule has 1 amide bonds. The van der Waals surface area contributed by atoms with E-state index in [0.29, 0.717) is 6.54 Å². The number of nitrogens with zero attached hydrogens (tertiary/aromatic N) is 4. The van der Waals surface area contributed by atoms with Crippen molar-refractivity contribution >= 4 is 11.6 Å². The SMILES string of the molecule is N#CCN1CCN(C2CCCN(c3ccccc3)C2=O)CC1. The summed E-state index contributed by atoms with van der Waals surface area (Å²) in [5.74, 6) is 0.228. The molecule has 0 aromatic heterocycles. The molecule has 2 heterocycles. The maximum absolute atomic E-state index is 12.9. The van der Waals surface area contributed by atoms with Crippen molar-refractivity contribution in [1.29, 1.82) is 5.26 Å². The number of rotatable bonds is 3. The van der Waals surface area contributed by atoms with Crippen LogP contribution in [0.3, 0.4) is 0 Å². The van der Waals surface area contributed by atoms with Crippen molar-refractivity contribution in [3.05, 3.63) is 30.3 Å². The smallest absolute Gasteiger partial charge is 0.244 e. The van der Waals surface area contributed by atoms with Crippen LogP contribution in [-0.4, -0.2) is 61.0 Å². The standard InChI is InChI=1S/C17H22N4O/c18-8-10-19-11-13-20(14-12-19)16-7-4-9-21(17(16)22)15-5-2-1-3-6-15/h1-3,5-6,16H,4,7,9-14H2. The molecule has 3 rings (SSSR count). The van der Waals surface area contributed by atoms with Crippen LogP contribution in [0.25, 0.3) is 0 Å². The lowest BCUT2D eigenvalue weighted by molar-refractivity contribution is -0.126. The molecule has 5 nitrogen and oxygen atoms in total. The predicted molar refractivity (Wildman–Crippen MR) is 85.4 cm³/mol. The number of carbonyl (C=O) groups excluding carboxylic acids is 1. The fourth-order valence-corrected chi connectivity index (χ4v) is 3.39. The maximum atomic E-state index is 12.9. The molecule has 2 saturated heterocycles. The van der Waals surface area contributed by atoms with Gasteiger partial charge < -0.3 is 4.90 Å². The Kier molecular flexibility index (Phi) is 4.71. The highest BCUT2D eigenvalue weighted by Crippen LogP contribution is 2.24. The summed E-state index contributed by atoms with van der Waals surface area (Å²) in [5.41, 5.74) is 1.00. The number of piperazine rings is 1.